The molecule has 0 aliphatic carbocycles. The van der Waals surface area contributed by atoms with Crippen molar-refractivity contribution in [2.24, 2.45) is 5.92 Å². The average molecular weight is 316 g/mol. The summed E-state index contributed by atoms with van der Waals surface area (Å²) in [6.07, 6.45) is -0.391. The van der Waals surface area contributed by atoms with Crippen LogP contribution in [0.15, 0.2) is 0 Å². The highest BCUT2D eigenvalue weighted by Gasteiger charge is 2.30. The molecule has 1 atom stereocenters. The van der Waals surface area contributed by atoms with Crippen molar-refractivity contribution < 1.29 is 19.0 Å². The number of nitrogens with one attached hydrogen (secondary N) is 2. The van der Waals surface area contributed by atoms with Crippen molar-refractivity contribution in [3.05, 3.63) is 0 Å². The summed E-state index contributed by atoms with van der Waals surface area (Å²) in [5, 5.41) is 6.31. The molecule has 130 valence electrons. The lowest BCUT2D eigenvalue weighted by Gasteiger charge is -2.37. The highest BCUT2D eigenvalue weighted by atomic mass is 16.7. The quantitative estimate of drug-likeness (QED) is 0.814. The molecule has 1 rings (SSSR count). The van der Waals surface area contributed by atoms with E-state index in [0.29, 0.717) is 25.7 Å². The van der Waals surface area contributed by atoms with E-state index < -0.39 is 17.5 Å². The Hall–Kier alpha value is -0.850. The van der Waals surface area contributed by atoms with Gasteiger partial charge in [-0.25, -0.2) is 4.79 Å². The molecule has 0 aromatic carbocycles. The molecule has 0 spiro atoms. The standard InChI is InChI=1S/C16H32N2O4/c1-11(2)13(8-17-14(19)22-15(3,4)5)18-12-9-20-16(6,7)21-10-12/h11-13,18H,8-10H2,1-7H3,(H,17,19). The van der Waals surface area contributed by atoms with Crippen LogP contribution in [0.4, 0.5) is 4.79 Å². The zero-order valence-corrected chi connectivity index (χ0v) is 15.0. The van der Waals surface area contributed by atoms with Crippen LogP contribution in [0.25, 0.3) is 0 Å². The number of hydrogen-bond donors (Lipinski definition) is 2. The lowest BCUT2D eigenvalue weighted by Crippen LogP contribution is -2.55. The van der Waals surface area contributed by atoms with Gasteiger partial charge in [0.1, 0.15) is 5.60 Å². The summed E-state index contributed by atoms with van der Waals surface area (Å²) in [6, 6.07) is 0.256. The molecule has 22 heavy (non-hydrogen) atoms. The van der Waals surface area contributed by atoms with Crippen molar-refractivity contribution in [1.82, 2.24) is 10.6 Å². The van der Waals surface area contributed by atoms with Crippen LogP contribution in [0.3, 0.4) is 0 Å². The molecule has 1 aliphatic rings. The highest BCUT2D eigenvalue weighted by molar-refractivity contribution is 5.67. The Morgan fingerprint density at radius 2 is 1.82 bits per heavy atom. The van der Waals surface area contributed by atoms with Gasteiger partial charge in [0.2, 0.25) is 0 Å². The zero-order chi connectivity index (χ0) is 17.0. The van der Waals surface area contributed by atoms with E-state index in [2.05, 4.69) is 24.5 Å². The van der Waals surface area contributed by atoms with Crippen LogP contribution >= 0.6 is 0 Å². The second-order valence-corrected chi connectivity index (χ2v) is 7.62. The molecule has 0 saturated carbocycles. The first-order valence-electron chi connectivity index (χ1n) is 7.99. The van der Waals surface area contributed by atoms with Gasteiger partial charge in [-0.2, -0.15) is 0 Å². The predicted octanol–water partition coefficient (Wildman–Crippen LogP) is 2.28. The number of hydrogen-bond acceptors (Lipinski definition) is 5. The molecular formula is C16H32N2O4. The number of alkyl carbamates (subject to hydrolysis) is 1. The monoisotopic (exact) mass is 316 g/mol. The number of rotatable bonds is 5. The van der Waals surface area contributed by atoms with Crippen molar-refractivity contribution in [2.75, 3.05) is 19.8 Å². The van der Waals surface area contributed by atoms with Crippen LogP contribution in [0.2, 0.25) is 0 Å². The molecule has 1 saturated heterocycles. The molecular weight excluding hydrogens is 284 g/mol. The maximum absolute atomic E-state index is 11.8. The molecule has 0 bridgehead atoms. The molecule has 0 radical (unpaired) electrons. The molecule has 1 heterocycles. The van der Waals surface area contributed by atoms with Gasteiger partial charge >= 0.3 is 6.09 Å². The fourth-order valence-corrected chi connectivity index (χ4v) is 2.09. The summed E-state index contributed by atoms with van der Waals surface area (Å²) in [5.74, 6) is -0.148. The molecule has 1 amide bonds. The maximum atomic E-state index is 11.8. The van der Waals surface area contributed by atoms with E-state index in [1.165, 1.54) is 0 Å². The molecule has 1 fully saturated rings. The van der Waals surface area contributed by atoms with Gasteiger partial charge in [-0.05, 0) is 40.5 Å². The lowest BCUT2D eigenvalue weighted by atomic mass is 10.0. The second kappa shape index (κ2) is 7.62. The first kappa shape index (κ1) is 19.2. The molecule has 6 heteroatoms. The average Bonchev–Trinajstić information content (AvgIpc) is 2.33. The van der Waals surface area contributed by atoms with Crippen LogP contribution < -0.4 is 10.6 Å². The SMILES string of the molecule is CC(C)C(CNC(=O)OC(C)(C)C)NC1COC(C)(C)OC1. The Morgan fingerprint density at radius 3 is 2.27 bits per heavy atom. The number of carbonyl (C=O) groups excluding carboxylic acids is 1. The van der Waals surface area contributed by atoms with Crippen molar-refractivity contribution in [3.63, 3.8) is 0 Å². The molecule has 6 nitrogen and oxygen atoms in total. The number of carbonyl (C=O) groups is 1. The summed E-state index contributed by atoms with van der Waals surface area (Å²) >= 11 is 0. The third-order valence-electron chi connectivity index (χ3n) is 3.38. The van der Waals surface area contributed by atoms with Crippen molar-refractivity contribution >= 4 is 6.09 Å². The summed E-state index contributed by atoms with van der Waals surface area (Å²) in [7, 11) is 0. The van der Waals surface area contributed by atoms with Crippen LogP contribution in [-0.4, -0.2) is 49.3 Å². The summed E-state index contributed by atoms with van der Waals surface area (Å²) in [6.45, 7) is 15.3. The van der Waals surface area contributed by atoms with E-state index >= 15 is 0 Å². The van der Waals surface area contributed by atoms with Gasteiger partial charge in [-0.15, -0.1) is 0 Å². The Bertz CT molecular complexity index is 354. The highest BCUT2D eigenvalue weighted by Crippen LogP contribution is 2.17. The Morgan fingerprint density at radius 1 is 1.27 bits per heavy atom. The fourth-order valence-electron chi connectivity index (χ4n) is 2.09. The van der Waals surface area contributed by atoms with Gasteiger partial charge in [0, 0.05) is 12.6 Å². The number of ether oxygens (including phenoxy) is 3. The minimum atomic E-state index is -0.514. The summed E-state index contributed by atoms with van der Waals surface area (Å²) in [4.78, 5) is 11.8. The normalized spacial score (nSPS) is 20.7. The minimum absolute atomic E-state index is 0.126. The van der Waals surface area contributed by atoms with Crippen molar-refractivity contribution in [3.8, 4) is 0 Å². The Balaban J connectivity index is 2.41. The molecule has 1 unspecified atom stereocenters. The minimum Gasteiger partial charge on any atom is -0.444 e. The van der Waals surface area contributed by atoms with Crippen molar-refractivity contribution in [1.29, 1.82) is 0 Å². The van der Waals surface area contributed by atoms with Gasteiger partial charge in [0.25, 0.3) is 0 Å². The van der Waals surface area contributed by atoms with Crippen molar-refractivity contribution in [2.45, 2.75) is 71.9 Å². The van der Waals surface area contributed by atoms with Crippen LogP contribution in [0, 0.1) is 5.92 Å². The van der Waals surface area contributed by atoms with Gasteiger partial charge in [0.15, 0.2) is 5.79 Å². The fraction of sp³-hybridized carbons (Fsp3) is 0.938. The number of amides is 1. The van der Waals surface area contributed by atoms with Crippen LogP contribution in [0.1, 0.15) is 48.5 Å². The topological polar surface area (TPSA) is 68.8 Å². The molecule has 2 N–H and O–H groups in total. The van der Waals surface area contributed by atoms with E-state index in [1.807, 2.05) is 34.6 Å². The van der Waals surface area contributed by atoms with E-state index in [4.69, 9.17) is 14.2 Å². The van der Waals surface area contributed by atoms with Crippen LogP contribution in [-0.2, 0) is 14.2 Å². The zero-order valence-electron chi connectivity index (χ0n) is 15.0. The van der Waals surface area contributed by atoms with Gasteiger partial charge < -0.3 is 24.8 Å². The molecule has 0 aromatic heterocycles. The Kier molecular flexibility index (Phi) is 6.65. The maximum Gasteiger partial charge on any atom is 0.407 e. The van der Waals surface area contributed by atoms with Gasteiger partial charge in [-0.3, -0.25) is 0 Å². The van der Waals surface area contributed by atoms with E-state index in [-0.39, 0.29) is 12.1 Å². The third kappa shape index (κ3) is 7.42. The van der Waals surface area contributed by atoms with E-state index in [9.17, 15) is 4.79 Å². The van der Waals surface area contributed by atoms with E-state index in [0.717, 1.165) is 0 Å². The predicted molar refractivity (Wildman–Crippen MR) is 85.8 cm³/mol. The van der Waals surface area contributed by atoms with Crippen LogP contribution in [0.5, 0.6) is 0 Å². The first-order valence-corrected chi connectivity index (χ1v) is 7.99. The molecule has 1 aliphatic heterocycles. The smallest absolute Gasteiger partial charge is 0.407 e. The van der Waals surface area contributed by atoms with Gasteiger partial charge in [-0.1, -0.05) is 13.8 Å². The largest absolute Gasteiger partial charge is 0.444 e. The summed E-state index contributed by atoms with van der Waals surface area (Å²) in [5.41, 5.74) is -0.485. The van der Waals surface area contributed by atoms with Gasteiger partial charge in [0.05, 0.1) is 19.3 Å². The second-order valence-electron chi connectivity index (χ2n) is 7.62. The van der Waals surface area contributed by atoms with E-state index in [1.54, 1.807) is 0 Å². The summed E-state index contributed by atoms with van der Waals surface area (Å²) < 4.78 is 16.6. The third-order valence-corrected chi connectivity index (χ3v) is 3.38. The first-order chi connectivity index (χ1) is 9.98. The molecule has 0 aromatic rings. The lowest BCUT2D eigenvalue weighted by molar-refractivity contribution is -0.253. The Labute approximate surface area is 134 Å².